The van der Waals surface area contributed by atoms with Crippen molar-refractivity contribution in [2.75, 3.05) is 33.2 Å². The first kappa shape index (κ1) is 22.9. The van der Waals surface area contributed by atoms with E-state index in [4.69, 9.17) is 14.2 Å². The van der Waals surface area contributed by atoms with E-state index in [0.717, 1.165) is 11.1 Å². The average Bonchev–Trinajstić information content (AvgIpc) is 2.83. The van der Waals surface area contributed by atoms with Crippen molar-refractivity contribution < 1.29 is 23.4 Å². The second-order valence-electron chi connectivity index (χ2n) is 7.15. The molecule has 0 spiro atoms. The molecule has 0 aliphatic rings. The lowest BCUT2D eigenvalue weighted by Crippen LogP contribution is -2.36. The summed E-state index contributed by atoms with van der Waals surface area (Å²) in [5, 5.41) is 2.91. The predicted octanol–water partition coefficient (Wildman–Crippen LogP) is 5.13. The van der Waals surface area contributed by atoms with E-state index in [1.165, 1.54) is 12.1 Å². The summed E-state index contributed by atoms with van der Waals surface area (Å²) < 4.78 is 29.1. The Labute approximate surface area is 187 Å². The third-order valence-electron chi connectivity index (χ3n) is 5.03. The normalized spacial score (nSPS) is 10.4. The Morgan fingerprint density at radius 1 is 0.844 bits per heavy atom. The monoisotopic (exact) mass is 438 g/mol. The number of ether oxygens (including phenoxy) is 3. The van der Waals surface area contributed by atoms with Gasteiger partial charge in [-0.15, -0.1) is 0 Å². The van der Waals surface area contributed by atoms with E-state index in [9.17, 15) is 9.18 Å². The van der Waals surface area contributed by atoms with Crippen molar-refractivity contribution >= 4 is 11.7 Å². The number of halogens is 1. The van der Waals surface area contributed by atoms with Gasteiger partial charge in [-0.05, 0) is 66.1 Å². The lowest BCUT2D eigenvalue weighted by molar-refractivity contribution is 0.209. The van der Waals surface area contributed by atoms with Gasteiger partial charge in [0.2, 0.25) is 0 Å². The molecular formula is C25H27FN2O4. The number of carbonyl (C=O) groups excluding carboxylic acids is 1. The maximum absolute atomic E-state index is 13.3. The number of benzene rings is 3. The number of rotatable bonds is 9. The number of amides is 2. The highest BCUT2D eigenvalue weighted by molar-refractivity contribution is 5.89. The summed E-state index contributed by atoms with van der Waals surface area (Å²) in [5.74, 6) is 1.68. The van der Waals surface area contributed by atoms with Gasteiger partial charge in [0.25, 0.3) is 0 Å². The van der Waals surface area contributed by atoms with Crippen molar-refractivity contribution in [1.29, 1.82) is 0 Å². The SMILES string of the molecule is COc1ccc(NC(=O)N(CCc2ccc(OC)c(OC)c2)Cc2ccc(F)cc2)cc1. The summed E-state index contributed by atoms with van der Waals surface area (Å²) >= 11 is 0. The van der Waals surface area contributed by atoms with Crippen molar-refractivity contribution in [2.45, 2.75) is 13.0 Å². The number of urea groups is 1. The molecule has 2 amide bonds. The Morgan fingerprint density at radius 3 is 2.12 bits per heavy atom. The van der Waals surface area contributed by atoms with E-state index in [-0.39, 0.29) is 11.8 Å². The van der Waals surface area contributed by atoms with Crippen LogP contribution in [-0.4, -0.2) is 38.8 Å². The zero-order chi connectivity index (χ0) is 22.9. The van der Waals surface area contributed by atoms with Crippen LogP contribution >= 0.6 is 0 Å². The average molecular weight is 438 g/mol. The van der Waals surface area contributed by atoms with Gasteiger partial charge in [-0.2, -0.15) is 0 Å². The lowest BCUT2D eigenvalue weighted by atomic mass is 10.1. The van der Waals surface area contributed by atoms with Gasteiger partial charge in [-0.25, -0.2) is 9.18 Å². The summed E-state index contributed by atoms with van der Waals surface area (Å²) in [5.41, 5.74) is 2.50. The molecule has 0 atom stereocenters. The number of anilines is 1. The van der Waals surface area contributed by atoms with E-state index in [1.54, 1.807) is 62.6 Å². The Bertz CT molecular complexity index is 1020. The molecule has 0 saturated carbocycles. The lowest BCUT2D eigenvalue weighted by Gasteiger charge is -2.24. The number of hydrogen-bond acceptors (Lipinski definition) is 4. The standard InChI is InChI=1S/C25H27FN2O4/c1-30-22-11-9-21(10-12-22)27-25(29)28(17-19-4-7-20(26)8-5-19)15-14-18-6-13-23(31-2)24(16-18)32-3/h4-13,16H,14-15,17H2,1-3H3,(H,27,29). The summed E-state index contributed by atoms with van der Waals surface area (Å²) in [7, 11) is 4.77. The van der Waals surface area contributed by atoms with Gasteiger partial charge in [0.1, 0.15) is 11.6 Å². The third kappa shape index (κ3) is 6.14. The molecule has 3 aromatic rings. The molecule has 0 aliphatic heterocycles. The molecule has 7 heteroatoms. The topological polar surface area (TPSA) is 60.0 Å². The van der Waals surface area contributed by atoms with Gasteiger partial charge in [0, 0.05) is 18.8 Å². The molecule has 0 aliphatic carbocycles. The van der Waals surface area contributed by atoms with E-state index < -0.39 is 0 Å². The highest BCUT2D eigenvalue weighted by Gasteiger charge is 2.15. The number of carbonyl (C=O) groups is 1. The van der Waals surface area contributed by atoms with Crippen LogP contribution in [0.15, 0.2) is 66.7 Å². The molecule has 3 rings (SSSR count). The van der Waals surface area contributed by atoms with Gasteiger partial charge in [-0.1, -0.05) is 18.2 Å². The van der Waals surface area contributed by atoms with E-state index >= 15 is 0 Å². The number of nitrogens with one attached hydrogen (secondary N) is 1. The van der Waals surface area contributed by atoms with E-state index in [0.29, 0.717) is 42.4 Å². The molecule has 1 N–H and O–H groups in total. The first-order valence-electron chi connectivity index (χ1n) is 10.2. The quantitative estimate of drug-likeness (QED) is 0.503. The highest BCUT2D eigenvalue weighted by Crippen LogP contribution is 2.28. The highest BCUT2D eigenvalue weighted by atomic mass is 19.1. The zero-order valence-electron chi connectivity index (χ0n) is 18.4. The van der Waals surface area contributed by atoms with Gasteiger partial charge >= 0.3 is 6.03 Å². The predicted molar refractivity (Wildman–Crippen MR) is 122 cm³/mol. The maximum Gasteiger partial charge on any atom is 0.322 e. The molecule has 0 bridgehead atoms. The fourth-order valence-corrected chi connectivity index (χ4v) is 3.24. The molecule has 0 radical (unpaired) electrons. The second-order valence-corrected chi connectivity index (χ2v) is 7.15. The summed E-state index contributed by atoms with van der Waals surface area (Å²) in [6.45, 7) is 0.796. The summed E-state index contributed by atoms with van der Waals surface area (Å²) in [4.78, 5) is 14.7. The minimum atomic E-state index is -0.312. The van der Waals surface area contributed by atoms with Crippen LogP contribution in [0.2, 0.25) is 0 Å². The van der Waals surface area contributed by atoms with Gasteiger partial charge in [-0.3, -0.25) is 0 Å². The van der Waals surface area contributed by atoms with Crippen LogP contribution < -0.4 is 19.5 Å². The van der Waals surface area contributed by atoms with Crippen molar-refractivity contribution in [3.63, 3.8) is 0 Å². The number of nitrogens with zero attached hydrogens (tertiary/aromatic N) is 1. The Kier molecular flexibility index (Phi) is 7.91. The van der Waals surface area contributed by atoms with Crippen LogP contribution in [0.5, 0.6) is 17.2 Å². The first-order chi connectivity index (χ1) is 15.5. The molecule has 6 nitrogen and oxygen atoms in total. The number of methoxy groups -OCH3 is 3. The largest absolute Gasteiger partial charge is 0.497 e. The van der Waals surface area contributed by atoms with Crippen LogP contribution in [0.1, 0.15) is 11.1 Å². The molecule has 32 heavy (non-hydrogen) atoms. The molecule has 0 aromatic heterocycles. The van der Waals surface area contributed by atoms with Gasteiger partial charge < -0.3 is 24.4 Å². The summed E-state index contributed by atoms with van der Waals surface area (Å²) in [6, 6.07) is 18.7. The Morgan fingerprint density at radius 2 is 1.50 bits per heavy atom. The van der Waals surface area contributed by atoms with E-state index in [1.807, 2.05) is 18.2 Å². The van der Waals surface area contributed by atoms with Crippen molar-refractivity contribution in [2.24, 2.45) is 0 Å². The van der Waals surface area contributed by atoms with Gasteiger partial charge in [0.15, 0.2) is 11.5 Å². The fourth-order valence-electron chi connectivity index (χ4n) is 3.24. The van der Waals surface area contributed by atoms with Crippen molar-refractivity contribution in [3.05, 3.63) is 83.7 Å². The van der Waals surface area contributed by atoms with Crippen LogP contribution in [0.4, 0.5) is 14.9 Å². The fraction of sp³-hybridized carbons (Fsp3) is 0.240. The zero-order valence-corrected chi connectivity index (χ0v) is 18.4. The smallest absolute Gasteiger partial charge is 0.322 e. The van der Waals surface area contributed by atoms with Crippen molar-refractivity contribution in [3.8, 4) is 17.2 Å². The van der Waals surface area contributed by atoms with Crippen LogP contribution in [-0.2, 0) is 13.0 Å². The minimum Gasteiger partial charge on any atom is -0.497 e. The molecule has 0 fully saturated rings. The maximum atomic E-state index is 13.3. The molecular weight excluding hydrogens is 411 g/mol. The van der Waals surface area contributed by atoms with Gasteiger partial charge in [0.05, 0.1) is 21.3 Å². The van der Waals surface area contributed by atoms with Crippen molar-refractivity contribution in [1.82, 2.24) is 4.90 Å². The Balaban J connectivity index is 1.74. The van der Waals surface area contributed by atoms with E-state index in [2.05, 4.69) is 5.32 Å². The molecule has 0 heterocycles. The molecule has 3 aromatic carbocycles. The molecule has 0 unspecified atom stereocenters. The summed E-state index contributed by atoms with van der Waals surface area (Å²) in [6.07, 6.45) is 0.609. The number of hydrogen-bond donors (Lipinski definition) is 1. The first-order valence-corrected chi connectivity index (χ1v) is 10.2. The Hall–Kier alpha value is -3.74. The van der Waals surface area contributed by atoms with Crippen LogP contribution in [0, 0.1) is 5.82 Å². The third-order valence-corrected chi connectivity index (χ3v) is 5.03. The minimum absolute atomic E-state index is 0.250. The van der Waals surface area contributed by atoms with Crippen LogP contribution in [0.3, 0.4) is 0 Å². The molecule has 0 saturated heterocycles. The van der Waals surface area contributed by atoms with Crippen LogP contribution in [0.25, 0.3) is 0 Å². The second kappa shape index (κ2) is 11.0. The molecule has 168 valence electrons.